The van der Waals surface area contributed by atoms with Gasteiger partial charge in [-0.05, 0) is 86.3 Å². The van der Waals surface area contributed by atoms with Gasteiger partial charge >= 0.3 is 0 Å². The Kier molecular flexibility index (Phi) is 9.92. The first-order valence-electron chi connectivity index (χ1n) is 10.5. The summed E-state index contributed by atoms with van der Waals surface area (Å²) >= 11 is -1.53. The number of nitrogens with two attached hydrogens (primary N) is 1. The molecule has 1 heterocycles. The molecule has 168 valence electrons. The standard InChI is InChI=1S/C15H31NO.C7H10N2O2S/c1-8-10-15(6,7)17-16-13(2,3)11-9-12-14(16,4)5;1-6-2-4-7(5-3-6)12(10)11-9-8/h8-12H2,1-7H3;2-5,9H,8H2,1H3. The molecule has 0 amide bonds. The van der Waals surface area contributed by atoms with Crippen molar-refractivity contribution >= 4 is 11.1 Å². The number of benzene rings is 1. The number of hydrogen-bond acceptors (Lipinski definition) is 6. The molecule has 2 rings (SSSR count). The Hall–Kier alpha value is -0.830. The number of hydrogen-bond donors (Lipinski definition) is 2. The van der Waals surface area contributed by atoms with Crippen LogP contribution in [0.25, 0.3) is 0 Å². The van der Waals surface area contributed by atoms with Gasteiger partial charge in [-0.3, -0.25) is 4.84 Å². The number of hydrazine groups is 1. The first kappa shape index (κ1) is 26.2. The molecular weight excluding hydrogens is 386 g/mol. The molecule has 1 aliphatic heterocycles. The first-order chi connectivity index (χ1) is 13.3. The zero-order valence-electron chi connectivity index (χ0n) is 19.5. The summed E-state index contributed by atoms with van der Waals surface area (Å²) in [5.41, 5.74) is 3.22. The molecule has 0 bridgehead atoms. The highest BCUT2D eigenvalue weighted by Gasteiger charge is 2.44. The summed E-state index contributed by atoms with van der Waals surface area (Å²) in [4.78, 5) is 6.97. The van der Waals surface area contributed by atoms with Crippen LogP contribution >= 0.6 is 0 Å². The van der Waals surface area contributed by atoms with Gasteiger partial charge in [0.2, 0.25) is 11.1 Å². The fourth-order valence-corrected chi connectivity index (χ4v) is 4.40. The quantitative estimate of drug-likeness (QED) is 0.473. The third-order valence-electron chi connectivity index (χ3n) is 5.20. The van der Waals surface area contributed by atoms with Gasteiger partial charge in [-0.1, -0.05) is 31.0 Å². The number of piperidine rings is 1. The van der Waals surface area contributed by atoms with E-state index < -0.39 is 11.1 Å². The van der Waals surface area contributed by atoms with E-state index >= 15 is 0 Å². The summed E-state index contributed by atoms with van der Waals surface area (Å²) in [6.07, 6.45) is 6.02. The lowest BCUT2D eigenvalue weighted by Crippen LogP contribution is -2.60. The first-order valence-corrected chi connectivity index (χ1v) is 11.5. The largest absolute Gasteiger partial charge is 0.292 e. The van der Waals surface area contributed by atoms with Crippen LogP contribution < -0.4 is 11.4 Å². The predicted octanol–water partition coefficient (Wildman–Crippen LogP) is 4.95. The van der Waals surface area contributed by atoms with Crippen molar-refractivity contribution in [1.82, 2.24) is 10.7 Å². The molecule has 1 fully saturated rings. The van der Waals surface area contributed by atoms with Gasteiger partial charge in [0.25, 0.3) is 0 Å². The molecule has 0 aromatic heterocycles. The van der Waals surface area contributed by atoms with Crippen LogP contribution in [0.4, 0.5) is 0 Å². The number of nitrogens with zero attached hydrogens (tertiary/aromatic N) is 1. The van der Waals surface area contributed by atoms with Gasteiger partial charge in [0, 0.05) is 11.1 Å². The molecule has 7 heteroatoms. The maximum atomic E-state index is 11.1. The zero-order valence-corrected chi connectivity index (χ0v) is 20.3. The van der Waals surface area contributed by atoms with Crippen molar-refractivity contribution in [2.24, 2.45) is 5.84 Å². The van der Waals surface area contributed by atoms with Gasteiger partial charge in [0.05, 0.1) is 10.5 Å². The van der Waals surface area contributed by atoms with Crippen LogP contribution in [-0.4, -0.2) is 26.0 Å². The van der Waals surface area contributed by atoms with E-state index in [1.54, 1.807) is 12.1 Å². The molecular formula is C22H41N3O3S. The Morgan fingerprint density at radius 1 is 1.14 bits per heavy atom. The third-order valence-corrected chi connectivity index (χ3v) is 6.11. The van der Waals surface area contributed by atoms with E-state index in [4.69, 9.17) is 10.7 Å². The number of nitrogens with one attached hydrogen (secondary N) is 1. The van der Waals surface area contributed by atoms with Crippen LogP contribution in [0.2, 0.25) is 0 Å². The summed E-state index contributed by atoms with van der Waals surface area (Å²) in [5.74, 6) is 4.83. The van der Waals surface area contributed by atoms with E-state index in [2.05, 4.69) is 57.8 Å². The van der Waals surface area contributed by atoms with E-state index in [0.717, 1.165) is 12.0 Å². The lowest BCUT2D eigenvalue weighted by molar-refractivity contribution is -0.330. The van der Waals surface area contributed by atoms with Gasteiger partial charge in [-0.25, -0.2) is 10.1 Å². The average Bonchev–Trinajstić information content (AvgIpc) is 2.59. The molecule has 3 N–H and O–H groups in total. The van der Waals surface area contributed by atoms with Crippen molar-refractivity contribution in [3.05, 3.63) is 29.8 Å². The maximum Gasteiger partial charge on any atom is 0.207 e. The second kappa shape index (κ2) is 11.0. The third kappa shape index (κ3) is 8.44. The molecule has 1 aliphatic rings. The van der Waals surface area contributed by atoms with Crippen molar-refractivity contribution in [3.63, 3.8) is 0 Å². The minimum atomic E-state index is -1.53. The lowest BCUT2D eigenvalue weighted by atomic mass is 9.82. The predicted molar refractivity (Wildman–Crippen MR) is 120 cm³/mol. The minimum absolute atomic E-state index is 0.0549. The zero-order chi connectivity index (χ0) is 22.3. The lowest BCUT2D eigenvalue weighted by Gasteiger charge is -2.53. The van der Waals surface area contributed by atoms with Crippen molar-refractivity contribution in [3.8, 4) is 0 Å². The smallest absolute Gasteiger partial charge is 0.207 e. The van der Waals surface area contributed by atoms with Crippen LogP contribution in [-0.2, 0) is 20.2 Å². The van der Waals surface area contributed by atoms with Gasteiger partial charge in [-0.15, -0.1) is 5.59 Å². The number of hydroxylamine groups is 2. The SMILES string of the molecule is CCCC(C)(C)ON1C(C)(C)CCCC1(C)C.Cc1ccc(S(=O)ONN)cc1. The molecule has 0 aliphatic carbocycles. The Balaban J connectivity index is 0.000000308. The number of aryl methyl sites for hydroxylation is 1. The topological polar surface area (TPSA) is 76.8 Å². The molecule has 0 radical (unpaired) electrons. The maximum absolute atomic E-state index is 11.1. The molecule has 1 atom stereocenters. The van der Waals surface area contributed by atoms with Crippen molar-refractivity contribution < 1.29 is 13.3 Å². The summed E-state index contributed by atoms with van der Waals surface area (Å²) in [6, 6.07) is 7.16. The van der Waals surface area contributed by atoms with Crippen molar-refractivity contribution in [1.29, 1.82) is 0 Å². The van der Waals surface area contributed by atoms with Gasteiger partial charge in [0.15, 0.2) is 0 Å². The Morgan fingerprint density at radius 2 is 1.66 bits per heavy atom. The van der Waals surface area contributed by atoms with Crippen LogP contribution in [0, 0.1) is 6.92 Å². The van der Waals surface area contributed by atoms with Crippen LogP contribution in [0.1, 0.15) is 86.1 Å². The highest BCUT2D eigenvalue weighted by molar-refractivity contribution is 7.80. The monoisotopic (exact) mass is 427 g/mol. The molecule has 1 aromatic rings. The number of rotatable bonds is 7. The molecule has 1 saturated heterocycles. The highest BCUT2D eigenvalue weighted by Crippen LogP contribution is 2.40. The molecule has 1 unspecified atom stereocenters. The second-order valence-electron chi connectivity index (χ2n) is 9.62. The van der Waals surface area contributed by atoms with E-state index in [9.17, 15) is 4.21 Å². The fourth-order valence-electron chi connectivity index (χ4n) is 3.86. The molecule has 0 saturated carbocycles. The minimum Gasteiger partial charge on any atom is -0.292 e. The fraction of sp³-hybridized carbons (Fsp3) is 0.727. The van der Waals surface area contributed by atoms with E-state index in [-0.39, 0.29) is 16.7 Å². The van der Waals surface area contributed by atoms with Crippen LogP contribution in [0.15, 0.2) is 29.2 Å². The van der Waals surface area contributed by atoms with Crippen LogP contribution in [0.3, 0.4) is 0 Å². The summed E-state index contributed by atoms with van der Waals surface area (Å²) in [5, 5.41) is 2.28. The Labute approximate surface area is 180 Å². The van der Waals surface area contributed by atoms with Gasteiger partial charge in [-0.2, -0.15) is 9.35 Å². The molecule has 0 spiro atoms. The highest BCUT2D eigenvalue weighted by atomic mass is 32.2. The van der Waals surface area contributed by atoms with Crippen molar-refractivity contribution in [2.45, 2.75) is 109 Å². The second-order valence-corrected chi connectivity index (χ2v) is 10.7. The van der Waals surface area contributed by atoms with E-state index in [1.807, 2.05) is 24.6 Å². The summed E-state index contributed by atoms with van der Waals surface area (Å²) < 4.78 is 15.6. The summed E-state index contributed by atoms with van der Waals surface area (Å²) in [7, 11) is 0. The Morgan fingerprint density at radius 3 is 2.10 bits per heavy atom. The molecule has 29 heavy (non-hydrogen) atoms. The average molecular weight is 428 g/mol. The van der Waals surface area contributed by atoms with Crippen molar-refractivity contribution in [2.75, 3.05) is 0 Å². The Bertz CT molecular complexity index is 629. The summed E-state index contributed by atoms with van der Waals surface area (Å²) in [6.45, 7) is 17.8. The normalized spacial score (nSPS) is 19.9. The van der Waals surface area contributed by atoms with E-state index in [1.165, 1.54) is 25.7 Å². The molecule has 6 nitrogen and oxygen atoms in total. The van der Waals surface area contributed by atoms with Gasteiger partial charge in [0.1, 0.15) is 0 Å². The van der Waals surface area contributed by atoms with E-state index in [0.29, 0.717) is 4.90 Å². The van der Waals surface area contributed by atoms with Crippen LogP contribution in [0.5, 0.6) is 0 Å². The van der Waals surface area contributed by atoms with Gasteiger partial charge < -0.3 is 0 Å². The molecule has 1 aromatic carbocycles.